The van der Waals surface area contributed by atoms with Gasteiger partial charge in [0.25, 0.3) is 0 Å². The first-order valence-corrected chi connectivity index (χ1v) is 7.65. The van der Waals surface area contributed by atoms with E-state index in [1.807, 2.05) is 0 Å². The normalized spacial score (nSPS) is 23.8. The Morgan fingerprint density at radius 2 is 1.56 bits per heavy atom. The zero-order valence-corrected chi connectivity index (χ0v) is 11.6. The topological polar surface area (TPSA) is 41.7 Å². The second-order valence-corrected chi connectivity index (χ2v) is 5.60. The fraction of sp³-hybridized carbons (Fsp3) is 1.00. The molecule has 0 saturated carbocycles. The minimum atomic E-state index is 0.486. The standard InChI is InChI=1S/C14H29N3O/c15-6-3-13-18-14-4-9-17(10-5-14)12-11-16-7-1-2-8-16/h14H,1-13,15H2. The lowest BCUT2D eigenvalue weighted by atomic mass is 10.1. The average Bonchev–Trinajstić information content (AvgIpc) is 2.91. The molecule has 4 heteroatoms. The quantitative estimate of drug-likeness (QED) is 0.687. The highest BCUT2D eigenvalue weighted by molar-refractivity contribution is 4.75. The molecule has 2 aliphatic rings. The number of ether oxygens (including phenoxy) is 1. The van der Waals surface area contributed by atoms with E-state index in [4.69, 9.17) is 10.5 Å². The highest BCUT2D eigenvalue weighted by Crippen LogP contribution is 2.14. The van der Waals surface area contributed by atoms with Gasteiger partial charge in [0.2, 0.25) is 0 Å². The first kappa shape index (κ1) is 14.3. The fourth-order valence-corrected chi connectivity index (χ4v) is 2.92. The molecule has 0 aromatic heterocycles. The zero-order valence-electron chi connectivity index (χ0n) is 11.6. The van der Waals surface area contributed by atoms with Crippen molar-refractivity contribution in [2.75, 3.05) is 52.4 Å². The Hall–Kier alpha value is -0.160. The molecule has 2 saturated heterocycles. The van der Waals surface area contributed by atoms with Crippen molar-refractivity contribution in [2.24, 2.45) is 5.73 Å². The Labute approximate surface area is 111 Å². The van der Waals surface area contributed by atoms with Crippen LogP contribution in [0.5, 0.6) is 0 Å². The van der Waals surface area contributed by atoms with Crippen molar-refractivity contribution < 1.29 is 4.74 Å². The van der Waals surface area contributed by atoms with Gasteiger partial charge in [0.1, 0.15) is 0 Å². The Bertz CT molecular complexity index is 211. The first-order chi connectivity index (χ1) is 8.88. The molecule has 106 valence electrons. The van der Waals surface area contributed by atoms with Gasteiger partial charge in [-0.1, -0.05) is 0 Å². The maximum Gasteiger partial charge on any atom is 0.0599 e. The number of hydrogen-bond donors (Lipinski definition) is 1. The Balaban J connectivity index is 1.52. The van der Waals surface area contributed by atoms with E-state index in [-0.39, 0.29) is 0 Å². The van der Waals surface area contributed by atoms with Crippen molar-refractivity contribution in [3.8, 4) is 0 Å². The number of nitrogens with zero attached hydrogens (tertiary/aromatic N) is 2. The lowest BCUT2D eigenvalue weighted by Crippen LogP contribution is -2.41. The van der Waals surface area contributed by atoms with Gasteiger partial charge in [0.15, 0.2) is 0 Å². The Kier molecular flexibility index (Phi) is 6.41. The third kappa shape index (κ3) is 4.84. The van der Waals surface area contributed by atoms with E-state index >= 15 is 0 Å². The second kappa shape index (κ2) is 8.10. The van der Waals surface area contributed by atoms with Crippen LogP contribution in [0.1, 0.15) is 32.1 Å². The minimum Gasteiger partial charge on any atom is -0.378 e. The summed E-state index contributed by atoms with van der Waals surface area (Å²) in [6.07, 6.45) is 6.68. The van der Waals surface area contributed by atoms with Crippen LogP contribution in [0.4, 0.5) is 0 Å². The molecule has 0 radical (unpaired) electrons. The van der Waals surface area contributed by atoms with Crippen molar-refractivity contribution in [1.29, 1.82) is 0 Å². The molecular formula is C14H29N3O. The van der Waals surface area contributed by atoms with Gasteiger partial charge in [-0.15, -0.1) is 0 Å². The number of likely N-dealkylation sites (tertiary alicyclic amines) is 2. The summed E-state index contributed by atoms with van der Waals surface area (Å²) in [4.78, 5) is 5.20. The molecule has 0 aromatic carbocycles. The van der Waals surface area contributed by atoms with Crippen molar-refractivity contribution in [2.45, 2.75) is 38.2 Å². The van der Waals surface area contributed by atoms with E-state index in [1.54, 1.807) is 0 Å². The van der Waals surface area contributed by atoms with Crippen LogP contribution in [0.3, 0.4) is 0 Å². The van der Waals surface area contributed by atoms with E-state index in [9.17, 15) is 0 Å². The highest BCUT2D eigenvalue weighted by atomic mass is 16.5. The van der Waals surface area contributed by atoms with E-state index in [0.29, 0.717) is 6.10 Å². The van der Waals surface area contributed by atoms with Gasteiger partial charge in [-0.25, -0.2) is 0 Å². The first-order valence-electron chi connectivity index (χ1n) is 7.65. The summed E-state index contributed by atoms with van der Waals surface area (Å²) in [7, 11) is 0. The van der Waals surface area contributed by atoms with E-state index in [1.165, 1.54) is 65.0 Å². The van der Waals surface area contributed by atoms with Crippen molar-refractivity contribution in [1.82, 2.24) is 9.80 Å². The highest BCUT2D eigenvalue weighted by Gasteiger charge is 2.20. The van der Waals surface area contributed by atoms with Gasteiger partial charge in [0.05, 0.1) is 6.10 Å². The molecule has 0 atom stereocenters. The SMILES string of the molecule is NCCCOC1CCN(CCN2CCCC2)CC1. The van der Waals surface area contributed by atoms with Crippen LogP contribution in [-0.2, 0) is 4.74 Å². The molecule has 0 unspecified atom stereocenters. The van der Waals surface area contributed by atoms with E-state index in [0.717, 1.165) is 19.6 Å². The number of hydrogen-bond acceptors (Lipinski definition) is 4. The monoisotopic (exact) mass is 255 g/mol. The van der Waals surface area contributed by atoms with Gasteiger partial charge >= 0.3 is 0 Å². The summed E-state index contributed by atoms with van der Waals surface area (Å²) in [5.74, 6) is 0. The maximum absolute atomic E-state index is 5.83. The molecule has 2 rings (SSSR count). The molecule has 0 spiro atoms. The maximum atomic E-state index is 5.83. The van der Waals surface area contributed by atoms with E-state index < -0.39 is 0 Å². The summed E-state index contributed by atoms with van der Waals surface area (Å²) in [5.41, 5.74) is 5.47. The van der Waals surface area contributed by atoms with Crippen LogP contribution in [0.25, 0.3) is 0 Å². The molecule has 0 aromatic rings. The average molecular weight is 255 g/mol. The number of piperidine rings is 1. The van der Waals surface area contributed by atoms with Crippen LogP contribution < -0.4 is 5.73 Å². The summed E-state index contributed by atoms with van der Waals surface area (Å²) < 4.78 is 5.83. The molecule has 2 N–H and O–H groups in total. The fourth-order valence-electron chi connectivity index (χ4n) is 2.92. The molecule has 0 amide bonds. The number of nitrogens with two attached hydrogens (primary N) is 1. The molecule has 2 heterocycles. The van der Waals surface area contributed by atoms with Crippen molar-refractivity contribution in [3.05, 3.63) is 0 Å². The molecular weight excluding hydrogens is 226 g/mol. The van der Waals surface area contributed by atoms with Gasteiger partial charge in [-0.2, -0.15) is 0 Å². The summed E-state index contributed by atoms with van der Waals surface area (Å²) in [6.45, 7) is 9.15. The summed E-state index contributed by atoms with van der Waals surface area (Å²) in [6, 6.07) is 0. The van der Waals surface area contributed by atoms with Crippen LogP contribution >= 0.6 is 0 Å². The molecule has 0 aliphatic carbocycles. The van der Waals surface area contributed by atoms with Crippen LogP contribution in [0.2, 0.25) is 0 Å². The lowest BCUT2D eigenvalue weighted by molar-refractivity contribution is 0.00604. The third-order valence-corrected chi connectivity index (χ3v) is 4.17. The number of rotatable bonds is 7. The van der Waals surface area contributed by atoms with Crippen LogP contribution in [0.15, 0.2) is 0 Å². The Morgan fingerprint density at radius 1 is 0.944 bits per heavy atom. The smallest absolute Gasteiger partial charge is 0.0599 e. The third-order valence-electron chi connectivity index (χ3n) is 4.17. The van der Waals surface area contributed by atoms with Gasteiger partial charge in [-0.3, -0.25) is 0 Å². The predicted molar refractivity (Wildman–Crippen MR) is 74.8 cm³/mol. The Morgan fingerprint density at radius 3 is 2.17 bits per heavy atom. The predicted octanol–water partition coefficient (Wildman–Crippen LogP) is 0.912. The van der Waals surface area contributed by atoms with Crippen LogP contribution in [-0.4, -0.2) is 68.3 Å². The molecule has 2 fully saturated rings. The second-order valence-electron chi connectivity index (χ2n) is 5.60. The molecule has 0 bridgehead atoms. The lowest BCUT2D eigenvalue weighted by Gasteiger charge is -2.32. The van der Waals surface area contributed by atoms with Crippen LogP contribution in [0, 0.1) is 0 Å². The zero-order chi connectivity index (χ0) is 12.6. The molecule has 18 heavy (non-hydrogen) atoms. The van der Waals surface area contributed by atoms with Crippen molar-refractivity contribution in [3.63, 3.8) is 0 Å². The largest absolute Gasteiger partial charge is 0.378 e. The summed E-state index contributed by atoms with van der Waals surface area (Å²) in [5, 5.41) is 0. The molecule has 4 nitrogen and oxygen atoms in total. The van der Waals surface area contributed by atoms with E-state index in [2.05, 4.69) is 9.80 Å². The molecule has 2 aliphatic heterocycles. The van der Waals surface area contributed by atoms with Gasteiger partial charge < -0.3 is 20.3 Å². The minimum absolute atomic E-state index is 0.486. The van der Waals surface area contributed by atoms with Gasteiger partial charge in [-0.05, 0) is 51.7 Å². The van der Waals surface area contributed by atoms with Gasteiger partial charge in [0, 0.05) is 32.8 Å². The summed E-state index contributed by atoms with van der Waals surface area (Å²) >= 11 is 0. The van der Waals surface area contributed by atoms with Crippen molar-refractivity contribution >= 4 is 0 Å².